The second-order valence-electron chi connectivity index (χ2n) is 7.23. The summed E-state index contributed by atoms with van der Waals surface area (Å²) in [7, 11) is 0. The maximum absolute atomic E-state index is 11.8. The normalized spacial score (nSPS) is 27.7. The summed E-state index contributed by atoms with van der Waals surface area (Å²) >= 11 is 0. The summed E-state index contributed by atoms with van der Waals surface area (Å²) in [5.41, 5.74) is 0. The lowest BCUT2D eigenvalue weighted by atomic mass is 10.2. The quantitative estimate of drug-likeness (QED) is 0.749. The minimum atomic E-state index is -0.738. The van der Waals surface area contributed by atoms with Crippen LogP contribution < -0.4 is 0 Å². The molecule has 2 aliphatic heterocycles. The minimum Gasteiger partial charge on any atom is -0.480 e. The third kappa shape index (κ3) is 7.81. The largest absolute Gasteiger partial charge is 0.480 e. The fourth-order valence-corrected chi connectivity index (χ4v) is 3.65. The van der Waals surface area contributed by atoms with Crippen molar-refractivity contribution >= 4 is 11.8 Å². The van der Waals surface area contributed by atoms with Crippen LogP contribution in [0.3, 0.4) is 0 Å². The number of fused-ring (bicyclic) bond motifs is 3. The van der Waals surface area contributed by atoms with E-state index in [2.05, 4.69) is 19.6 Å². The first-order valence-electron chi connectivity index (χ1n) is 9.69. The van der Waals surface area contributed by atoms with Crippen molar-refractivity contribution in [3.05, 3.63) is 0 Å². The molecule has 2 rings (SSSR count). The fourth-order valence-electron chi connectivity index (χ4n) is 3.65. The van der Waals surface area contributed by atoms with E-state index in [9.17, 15) is 9.59 Å². The Morgan fingerprint density at radius 2 is 1.20 bits per heavy atom. The number of hydrogen-bond donors (Lipinski definition) is 1. The van der Waals surface area contributed by atoms with Crippen LogP contribution in [0.5, 0.6) is 0 Å². The number of hydrogen-bond acceptors (Lipinski definition) is 6. The summed E-state index contributed by atoms with van der Waals surface area (Å²) in [6.07, 6.45) is 2.68. The van der Waals surface area contributed by atoms with Gasteiger partial charge in [-0.05, 0) is 32.5 Å². The Kier molecular flexibility index (Phi) is 8.81. The Balaban J connectivity index is 1.96. The molecule has 0 spiro atoms. The van der Waals surface area contributed by atoms with Crippen LogP contribution in [-0.4, -0.2) is 115 Å². The molecule has 2 atom stereocenters. The van der Waals surface area contributed by atoms with Crippen molar-refractivity contribution in [2.24, 2.45) is 0 Å². The van der Waals surface area contributed by atoms with Gasteiger partial charge in [0.05, 0.1) is 13.1 Å². The van der Waals surface area contributed by atoms with E-state index in [1.165, 1.54) is 0 Å². The molecular weight excluding hydrogens is 320 g/mol. The van der Waals surface area contributed by atoms with Gasteiger partial charge in [-0.3, -0.25) is 19.4 Å². The molecule has 0 aliphatic carbocycles. The van der Waals surface area contributed by atoms with E-state index < -0.39 is 5.97 Å². The topological polar surface area (TPSA) is 67.3 Å². The fraction of sp³-hybridized carbons (Fsp3) is 0.889. The highest BCUT2D eigenvalue weighted by Crippen LogP contribution is 2.06. The lowest BCUT2D eigenvalue weighted by Gasteiger charge is -2.35. The van der Waals surface area contributed by atoms with Gasteiger partial charge < -0.3 is 14.9 Å². The molecule has 2 aliphatic rings. The maximum atomic E-state index is 11.8. The number of Topliss-reactive ketones (excluding diaryl/α,β-unsaturated/α-hetero) is 1. The molecule has 1 N–H and O–H groups in total. The van der Waals surface area contributed by atoms with E-state index in [-0.39, 0.29) is 6.54 Å². The molecule has 0 amide bonds. The maximum Gasteiger partial charge on any atom is 0.317 e. The average Bonchev–Trinajstić information content (AvgIpc) is 2.59. The lowest BCUT2D eigenvalue weighted by molar-refractivity contribution is -0.138. The summed E-state index contributed by atoms with van der Waals surface area (Å²) in [5.74, 6) is -0.413. The van der Waals surface area contributed by atoms with Crippen LogP contribution in [-0.2, 0) is 9.59 Å². The van der Waals surface area contributed by atoms with Crippen molar-refractivity contribution in [1.82, 2.24) is 19.6 Å². The Morgan fingerprint density at radius 3 is 1.68 bits per heavy atom. The first kappa shape index (κ1) is 20.3. The van der Waals surface area contributed by atoms with Gasteiger partial charge in [0.15, 0.2) is 0 Å². The molecule has 0 radical (unpaired) electrons. The molecule has 2 heterocycles. The van der Waals surface area contributed by atoms with Gasteiger partial charge in [0.2, 0.25) is 0 Å². The van der Waals surface area contributed by atoms with Gasteiger partial charge in [0, 0.05) is 52.2 Å². The average molecular weight is 354 g/mol. The second-order valence-corrected chi connectivity index (χ2v) is 7.23. The molecule has 2 fully saturated rings. The lowest BCUT2D eigenvalue weighted by Crippen LogP contribution is -2.48. The summed E-state index contributed by atoms with van der Waals surface area (Å²) in [5, 5.41) is 9.09. The van der Waals surface area contributed by atoms with E-state index in [1.807, 2.05) is 6.92 Å². The Morgan fingerprint density at radius 1 is 0.720 bits per heavy atom. The highest BCUT2D eigenvalue weighted by molar-refractivity contribution is 5.80. The standard InChI is InChI=1S/C18H34N4O3/c1-2-17(23)15-21-7-3-5-20-10-9-19(11-13-21)6-4-8-22(14-12-20)16-18(24)25/h2-16H2,1H3,(H,24,25). The zero-order valence-electron chi connectivity index (χ0n) is 15.7. The van der Waals surface area contributed by atoms with Crippen LogP contribution >= 0.6 is 0 Å². The van der Waals surface area contributed by atoms with Crippen molar-refractivity contribution in [1.29, 1.82) is 0 Å². The van der Waals surface area contributed by atoms with Crippen molar-refractivity contribution < 1.29 is 14.7 Å². The number of carbonyl (C=O) groups is 2. The molecule has 2 unspecified atom stereocenters. The number of carboxylic acids is 1. The minimum absolute atomic E-state index is 0.140. The zero-order chi connectivity index (χ0) is 18.1. The van der Waals surface area contributed by atoms with Crippen LogP contribution in [0.15, 0.2) is 0 Å². The molecule has 144 valence electrons. The van der Waals surface area contributed by atoms with Crippen LogP contribution in [0.25, 0.3) is 0 Å². The summed E-state index contributed by atoms with van der Waals surface area (Å²) in [6.45, 7) is 12.3. The summed E-state index contributed by atoms with van der Waals surface area (Å²) in [4.78, 5) is 32.2. The summed E-state index contributed by atoms with van der Waals surface area (Å²) in [6, 6.07) is 0. The van der Waals surface area contributed by atoms with Crippen molar-refractivity contribution in [2.45, 2.75) is 26.2 Å². The number of ketones is 1. The number of nitrogens with zero attached hydrogens (tertiary/aromatic N) is 4. The molecule has 7 nitrogen and oxygen atoms in total. The Hall–Kier alpha value is -1.02. The number of carboxylic acid groups (broad SMARTS) is 1. The second kappa shape index (κ2) is 10.9. The van der Waals surface area contributed by atoms with E-state index in [0.717, 1.165) is 78.3 Å². The van der Waals surface area contributed by atoms with E-state index in [1.54, 1.807) is 0 Å². The van der Waals surface area contributed by atoms with Gasteiger partial charge >= 0.3 is 5.97 Å². The molecule has 0 aromatic heterocycles. The SMILES string of the molecule is CCC(=O)CN1CCCN2CCN(CCCN(CC(=O)O)CC2)CC1. The zero-order valence-corrected chi connectivity index (χ0v) is 15.7. The Labute approximate surface area is 151 Å². The molecule has 0 aromatic carbocycles. The van der Waals surface area contributed by atoms with Gasteiger partial charge in [-0.15, -0.1) is 0 Å². The first-order chi connectivity index (χ1) is 12.1. The molecule has 7 heteroatoms. The van der Waals surface area contributed by atoms with Gasteiger partial charge in [-0.2, -0.15) is 0 Å². The molecule has 0 saturated carbocycles. The highest BCUT2D eigenvalue weighted by Gasteiger charge is 2.19. The molecular formula is C18H34N4O3. The van der Waals surface area contributed by atoms with Gasteiger partial charge in [0.1, 0.15) is 5.78 Å². The van der Waals surface area contributed by atoms with Gasteiger partial charge in [0.25, 0.3) is 0 Å². The highest BCUT2D eigenvalue weighted by atomic mass is 16.4. The van der Waals surface area contributed by atoms with E-state index in [4.69, 9.17) is 5.11 Å². The Bertz CT molecular complexity index is 433. The van der Waals surface area contributed by atoms with Crippen LogP contribution in [0.2, 0.25) is 0 Å². The predicted molar refractivity (Wildman–Crippen MR) is 97.9 cm³/mol. The van der Waals surface area contributed by atoms with E-state index in [0.29, 0.717) is 18.7 Å². The van der Waals surface area contributed by atoms with E-state index >= 15 is 0 Å². The number of carbonyl (C=O) groups excluding carboxylic acids is 1. The number of aliphatic carboxylic acids is 1. The monoisotopic (exact) mass is 354 g/mol. The third-order valence-corrected chi connectivity index (χ3v) is 5.25. The van der Waals surface area contributed by atoms with Crippen molar-refractivity contribution in [3.8, 4) is 0 Å². The van der Waals surface area contributed by atoms with Crippen LogP contribution in [0, 0.1) is 0 Å². The first-order valence-corrected chi connectivity index (χ1v) is 9.69. The summed E-state index contributed by atoms with van der Waals surface area (Å²) < 4.78 is 0. The smallest absolute Gasteiger partial charge is 0.317 e. The predicted octanol–water partition coefficient (Wildman–Crippen LogP) is 0.0655. The van der Waals surface area contributed by atoms with Crippen molar-refractivity contribution in [3.63, 3.8) is 0 Å². The van der Waals surface area contributed by atoms with Crippen LogP contribution in [0.1, 0.15) is 26.2 Å². The third-order valence-electron chi connectivity index (χ3n) is 5.25. The molecule has 2 saturated heterocycles. The molecule has 25 heavy (non-hydrogen) atoms. The van der Waals surface area contributed by atoms with Gasteiger partial charge in [-0.25, -0.2) is 0 Å². The molecule has 2 bridgehead atoms. The molecule has 0 aromatic rings. The van der Waals surface area contributed by atoms with Crippen molar-refractivity contribution in [2.75, 3.05) is 78.5 Å². The number of rotatable bonds is 5. The van der Waals surface area contributed by atoms with Gasteiger partial charge in [-0.1, -0.05) is 6.92 Å². The van der Waals surface area contributed by atoms with Crippen LogP contribution in [0.4, 0.5) is 0 Å².